The Kier molecular flexibility index (Phi) is 7.72. The zero-order valence-electron chi connectivity index (χ0n) is 20.6. The van der Waals surface area contributed by atoms with Crippen molar-refractivity contribution in [1.29, 1.82) is 0 Å². The van der Waals surface area contributed by atoms with Crippen molar-refractivity contribution in [2.45, 2.75) is 32.9 Å². The van der Waals surface area contributed by atoms with E-state index < -0.39 is 0 Å². The lowest BCUT2D eigenvalue weighted by Crippen LogP contribution is -2.29. The molecular formula is C30H28ClN3OS2. The first kappa shape index (κ1) is 25.6. The average molecular weight is 546 g/mol. The maximum Gasteiger partial charge on any atom is 0.229 e. The predicted molar refractivity (Wildman–Crippen MR) is 158 cm³/mol. The summed E-state index contributed by atoms with van der Waals surface area (Å²) in [5, 5.41) is 5.20. The SMILES string of the molecule is Cc1cccc(CC(=O)Nc2sc3c(c2-c2nc4ccccc4s2)CCN(Cc2ccccc2)C3)c1.Cl. The molecule has 37 heavy (non-hydrogen) atoms. The molecule has 188 valence electrons. The van der Waals surface area contributed by atoms with E-state index >= 15 is 0 Å². The first-order valence-corrected chi connectivity index (χ1v) is 13.9. The fourth-order valence-electron chi connectivity index (χ4n) is 4.90. The van der Waals surface area contributed by atoms with Gasteiger partial charge in [-0.05, 0) is 42.2 Å². The number of aryl methyl sites for hydroxylation is 1. The van der Waals surface area contributed by atoms with Crippen LogP contribution in [0.1, 0.15) is 27.1 Å². The number of amides is 1. The number of carbonyl (C=O) groups is 1. The number of thiazole rings is 1. The lowest BCUT2D eigenvalue weighted by molar-refractivity contribution is -0.115. The van der Waals surface area contributed by atoms with Crippen LogP contribution in [0.25, 0.3) is 20.8 Å². The number of benzene rings is 3. The average Bonchev–Trinajstić information content (AvgIpc) is 3.45. The third-order valence-electron chi connectivity index (χ3n) is 6.59. The summed E-state index contributed by atoms with van der Waals surface area (Å²) in [7, 11) is 0. The highest BCUT2D eigenvalue weighted by Crippen LogP contribution is 2.45. The molecule has 5 aromatic rings. The number of aromatic nitrogens is 1. The molecular weight excluding hydrogens is 518 g/mol. The Morgan fingerprint density at radius 2 is 1.76 bits per heavy atom. The van der Waals surface area contributed by atoms with Crippen LogP contribution in [0.2, 0.25) is 0 Å². The highest BCUT2D eigenvalue weighted by atomic mass is 35.5. The molecule has 4 nitrogen and oxygen atoms in total. The summed E-state index contributed by atoms with van der Waals surface area (Å²) in [5.74, 6) is 0.0164. The van der Waals surface area contributed by atoms with Gasteiger partial charge in [0.2, 0.25) is 5.91 Å². The zero-order chi connectivity index (χ0) is 24.5. The number of carbonyl (C=O) groups excluding carboxylic acids is 1. The second-order valence-electron chi connectivity index (χ2n) is 9.35. The standard InChI is InChI=1S/C30H27N3OS2.ClH/c1-20-8-7-11-22(16-20)17-27(34)32-30-28(29-31-24-12-5-6-13-25(24)35-29)23-14-15-33(19-26(23)36-30)18-21-9-3-2-4-10-21;/h2-13,16H,14-15,17-19H2,1H3,(H,32,34);1H. The van der Waals surface area contributed by atoms with Gasteiger partial charge in [0.1, 0.15) is 10.0 Å². The van der Waals surface area contributed by atoms with Gasteiger partial charge in [0.05, 0.1) is 16.6 Å². The minimum Gasteiger partial charge on any atom is -0.317 e. The highest BCUT2D eigenvalue weighted by molar-refractivity contribution is 7.22. The van der Waals surface area contributed by atoms with Crippen LogP contribution in [0.5, 0.6) is 0 Å². The molecule has 0 radical (unpaired) electrons. The van der Waals surface area contributed by atoms with Gasteiger partial charge in [-0.25, -0.2) is 4.98 Å². The van der Waals surface area contributed by atoms with E-state index in [2.05, 4.69) is 77.8 Å². The molecule has 2 aromatic heterocycles. The summed E-state index contributed by atoms with van der Waals surface area (Å²) in [6.45, 7) is 4.87. The molecule has 0 atom stereocenters. The number of para-hydroxylation sites is 1. The van der Waals surface area contributed by atoms with Crippen molar-refractivity contribution >= 4 is 56.2 Å². The summed E-state index contributed by atoms with van der Waals surface area (Å²) in [6, 6.07) is 27.1. The van der Waals surface area contributed by atoms with E-state index in [1.54, 1.807) is 22.7 Å². The van der Waals surface area contributed by atoms with Crippen LogP contribution in [-0.4, -0.2) is 22.3 Å². The number of nitrogens with zero attached hydrogens (tertiary/aromatic N) is 2. The minimum absolute atomic E-state index is 0. The Morgan fingerprint density at radius 3 is 2.57 bits per heavy atom. The number of hydrogen-bond donors (Lipinski definition) is 1. The fraction of sp³-hybridized carbons (Fsp3) is 0.200. The Morgan fingerprint density at radius 1 is 0.973 bits per heavy atom. The topological polar surface area (TPSA) is 45.2 Å². The van der Waals surface area contributed by atoms with Crippen LogP contribution in [0.15, 0.2) is 78.9 Å². The summed E-state index contributed by atoms with van der Waals surface area (Å²) in [4.78, 5) is 21.9. The first-order valence-electron chi connectivity index (χ1n) is 12.2. The minimum atomic E-state index is 0. The van der Waals surface area contributed by atoms with E-state index in [9.17, 15) is 4.79 Å². The van der Waals surface area contributed by atoms with E-state index in [1.165, 1.54) is 26.3 Å². The van der Waals surface area contributed by atoms with Crippen molar-refractivity contribution in [3.63, 3.8) is 0 Å². The molecule has 1 N–H and O–H groups in total. The predicted octanol–water partition coefficient (Wildman–Crippen LogP) is 7.49. The smallest absolute Gasteiger partial charge is 0.229 e. The Bertz CT molecular complexity index is 1510. The molecule has 7 heteroatoms. The molecule has 0 unspecified atom stereocenters. The number of nitrogens with one attached hydrogen (secondary N) is 1. The van der Waals surface area contributed by atoms with Gasteiger partial charge in [0, 0.05) is 30.1 Å². The lowest BCUT2D eigenvalue weighted by Gasteiger charge is -2.27. The maximum atomic E-state index is 13.1. The van der Waals surface area contributed by atoms with Crippen LogP contribution >= 0.6 is 35.1 Å². The molecule has 1 aliphatic rings. The summed E-state index contributed by atoms with van der Waals surface area (Å²) in [6.07, 6.45) is 1.32. The highest BCUT2D eigenvalue weighted by Gasteiger charge is 2.28. The molecule has 0 saturated carbocycles. The number of halogens is 1. The molecule has 1 aliphatic heterocycles. The van der Waals surface area contributed by atoms with Gasteiger partial charge in [0.25, 0.3) is 0 Å². The van der Waals surface area contributed by atoms with Gasteiger partial charge in [-0.15, -0.1) is 35.1 Å². The van der Waals surface area contributed by atoms with Gasteiger partial charge in [-0.3, -0.25) is 9.69 Å². The van der Waals surface area contributed by atoms with Gasteiger partial charge in [-0.2, -0.15) is 0 Å². The van der Waals surface area contributed by atoms with Crippen molar-refractivity contribution in [3.8, 4) is 10.6 Å². The molecule has 0 saturated heterocycles. The van der Waals surface area contributed by atoms with Crippen molar-refractivity contribution in [1.82, 2.24) is 9.88 Å². The normalized spacial score (nSPS) is 13.2. The first-order chi connectivity index (χ1) is 17.6. The lowest BCUT2D eigenvalue weighted by atomic mass is 10.0. The Labute approximate surface area is 231 Å². The monoisotopic (exact) mass is 545 g/mol. The van der Waals surface area contributed by atoms with Gasteiger partial charge >= 0.3 is 0 Å². The number of rotatable bonds is 6. The van der Waals surface area contributed by atoms with Crippen LogP contribution in [0.4, 0.5) is 5.00 Å². The van der Waals surface area contributed by atoms with Crippen LogP contribution in [-0.2, 0) is 30.7 Å². The zero-order valence-corrected chi connectivity index (χ0v) is 23.0. The van der Waals surface area contributed by atoms with Crippen LogP contribution < -0.4 is 5.32 Å². The van der Waals surface area contributed by atoms with Crippen molar-refractivity contribution in [2.75, 3.05) is 11.9 Å². The molecule has 1 amide bonds. The van der Waals surface area contributed by atoms with E-state index in [0.717, 1.165) is 52.7 Å². The molecule has 0 bridgehead atoms. The molecule has 0 aliphatic carbocycles. The summed E-state index contributed by atoms with van der Waals surface area (Å²) < 4.78 is 1.17. The quantitative estimate of drug-likeness (QED) is 0.240. The van der Waals surface area contributed by atoms with E-state index in [4.69, 9.17) is 4.98 Å². The Balaban J connectivity index is 0.00000280. The number of fused-ring (bicyclic) bond motifs is 2. The maximum absolute atomic E-state index is 13.1. The molecule has 0 spiro atoms. The largest absolute Gasteiger partial charge is 0.317 e. The third kappa shape index (κ3) is 5.63. The van der Waals surface area contributed by atoms with Crippen LogP contribution in [0, 0.1) is 6.92 Å². The fourth-order valence-corrected chi connectivity index (χ4v) is 7.32. The Hall–Kier alpha value is -3.03. The van der Waals surface area contributed by atoms with Gasteiger partial charge in [-0.1, -0.05) is 72.3 Å². The second-order valence-corrected chi connectivity index (χ2v) is 11.5. The second kappa shape index (κ2) is 11.2. The van der Waals surface area contributed by atoms with Gasteiger partial charge < -0.3 is 5.32 Å². The van der Waals surface area contributed by atoms with Crippen molar-refractivity contribution in [3.05, 3.63) is 106 Å². The van der Waals surface area contributed by atoms with E-state index in [-0.39, 0.29) is 18.3 Å². The van der Waals surface area contributed by atoms with E-state index in [0.29, 0.717) is 6.42 Å². The number of anilines is 1. The summed E-state index contributed by atoms with van der Waals surface area (Å²) >= 11 is 3.43. The van der Waals surface area contributed by atoms with Crippen LogP contribution in [0.3, 0.4) is 0 Å². The molecule has 3 heterocycles. The molecule has 0 fully saturated rings. The molecule has 3 aromatic carbocycles. The third-order valence-corrected chi connectivity index (χ3v) is 8.78. The molecule has 6 rings (SSSR count). The van der Waals surface area contributed by atoms with Crippen molar-refractivity contribution in [2.24, 2.45) is 0 Å². The summed E-state index contributed by atoms with van der Waals surface area (Å²) in [5.41, 5.74) is 7.00. The van der Waals surface area contributed by atoms with Gasteiger partial charge in [0.15, 0.2) is 0 Å². The number of thiophene rings is 1. The number of hydrogen-bond acceptors (Lipinski definition) is 5. The van der Waals surface area contributed by atoms with E-state index in [1.807, 2.05) is 18.2 Å². The van der Waals surface area contributed by atoms with Crippen molar-refractivity contribution < 1.29 is 4.79 Å².